The van der Waals surface area contributed by atoms with Crippen LogP contribution in [0.3, 0.4) is 0 Å². The lowest BCUT2D eigenvalue weighted by Gasteiger charge is -2.23. The van der Waals surface area contributed by atoms with Crippen molar-refractivity contribution in [2.24, 2.45) is 0 Å². The molecule has 0 bridgehead atoms. The molecule has 0 spiro atoms. The quantitative estimate of drug-likeness (QED) is 0.795. The van der Waals surface area contributed by atoms with E-state index in [0.29, 0.717) is 30.8 Å². The van der Waals surface area contributed by atoms with Crippen LogP contribution in [-0.2, 0) is 21.6 Å². The molecule has 0 fully saturated rings. The predicted molar refractivity (Wildman–Crippen MR) is 60.4 cm³/mol. The van der Waals surface area contributed by atoms with Gasteiger partial charge in [-0.15, -0.1) is 0 Å². The van der Waals surface area contributed by atoms with Crippen LogP contribution >= 0.6 is 0 Å². The van der Waals surface area contributed by atoms with Crippen molar-refractivity contribution in [1.29, 1.82) is 0 Å². The molecule has 1 N–H and O–H groups in total. The van der Waals surface area contributed by atoms with E-state index in [1.165, 1.54) is 0 Å². The number of hydrogen-bond acceptors (Lipinski definition) is 4. The van der Waals surface area contributed by atoms with Crippen molar-refractivity contribution in [3.8, 4) is 0 Å². The lowest BCUT2D eigenvalue weighted by Crippen LogP contribution is -2.33. The Morgan fingerprint density at radius 1 is 1.41 bits per heavy atom. The highest BCUT2D eigenvalue weighted by molar-refractivity contribution is 5.82. The van der Waals surface area contributed by atoms with E-state index in [0.717, 1.165) is 0 Å². The van der Waals surface area contributed by atoms with E-state index in [2.05, 4.69) is 9.97 Å². The summed E-state index contributed by atoms with van der Waals surface area (Å²) in [6.07, 6.45) is 7.93. The molecule has 1 aliphatic rings. The maximum absolute atomic E-state index is 11.4. The van der Waals surface area contributed by atoms with Gasteiger partial charge in [-0.05, 0) is 12.8 Å². The first-order valence-electron chi connectivity index (χ1n) is 5.38. The summed E-state index contributed by atoms with van der Waals surface area (Å²) < 4.78 is 4.91. The Kier molecular flexibility index (Phi) is 3.19. The number of aliphatic carboxylic acids is 1. The third-order valence-corrected chi connectivity index (χ3v) is 3.04. The average molecular weight is 234 g/mol. The Morgan fingerprint density at radius 2 is 2.00 bits per heavy atom. The summed E-state index contributed by atoms with van der Waals surface area (Å²) in [5.41, 5.74) is -0.235. The van der Waals surface area contributed by atoms with Crippen molar-refractivity contribution in [2.75, 3.05) is 7.11 Å². The zero-order valence-corrected chi connectivity index (χ0v) is 9.59. The number of allylic oxidation sites excluding steroid dienone is 2. The summed E-state index contributed by atoms with van der Waals surface area (Å²) in [7, 11) is 1.57. The van der Waals surface area contributed by atoms with Gasteiger partial charge in [-0.2, -0.15) is 0 Å². The highest BCUT2D eigenvalue weighted by Gasteiger charge is 2.41. The number of methoxy groups -OCH3 is 1. The minimum atomic E-state index is -0.883. The van der Waals surface area contributed by atoms with Crippen molar-refractivity contribution >= 4 is 5.97 Å². The first kappa shape index (κ1) is 11.7. The summed E-state index contributed by atoms with van der Waals surface area (Å²) in [5.74, 6) is -0.270. The molecule has 0 aliphatic heterocycles. The van der Waals surface area contributed by atoms with Gasteiger partial charge in [0.05, 0.1) is 0 Å². The number of carboxylic acids is 1. The van der Waals surface area contributed by atoms with Crippen molar-refractivity contribution in [2.45, 2.75) is 24.9 Å². The molecule has 1 aromatic heterocycles. The molecule has 0 saturated heterocycles. The predicted octanol–water partition coefficient (Wildman–Crippen LogP) is 1.30. The van der Waals surface area contributed by atoms with E-state index in [1.807, 2.05) is 12.2 Å². The van der Waals surface area contributed by atoms with E-state index < -0.39 is 11.4 Å². The fourth-order valence-electron chi connectivity index (χ4n) is 1.99. The molecule has 1 aromatic rings. The number of carboxylic acid groups (broad SMARTS) is 1. The van der Waals surface area contributed by atoms with Crippen molar-refractivity contribution < 1.29 is 14.6 Å². The molecule has 0 amide bonds. The molecule has 0 aromatic carbocycles. The Balaban J connectivity index is 2.29. The fourth-order valence-corrected chi connectivity index (χ4v) is 1.99. The molecule has 0 unspecified atom stereocenters. The first-order chi connectivity index (χ1) is 8.19. The SMILES string of the molecule is COCc1ncc(C2(C(=O)O)CC=CC2)cn1. The normalized spacial score (nSPS) is 17.2. The van der Waals surface area contributed by atoms with Crippen molar-refractivity contribution in [3.05, 3.63) is 35.9 Å². The van der Waals surface area contributed by atoms with E-state index in [9.17, 15) is 9.90 Å². The second kappa shape index (κ2) is 4.63. The van der Waals surface area contributed by atoms with Crippen molar-refractivity contribution in [3.63, 3.8) is 0 Å². The van der Waals surface area contributed by atoms with Crippen LogP contribution in [0.4, 0.5) is 0 Å². The third-order valence-electron chi connectivity index (χ3n) is 3.04. The van der Waals surface area contributed by atoms with Crippen molar-refractivity contribution in [1.82, 2.24) is 9.97 Å². The van der Waals surface area contributed by atoms with E-state index in [4.69, 9.17) is 4.74 Å². The summed E-state index contributed by atoms with van der Waals surface area (Å²) in [5, 5.41) is 9.37. The lowest BCUT2D eigenvalue weighted by atomic mass is 9.80. The Labute approximate surface area is 99.2 Å². The number of rotatable bonds is 4. The van der Waals surface area contributed by atoms with Crippen LogP contribution in [-0.4, -0.2) is 28.2 Å². The highest BCUT2D eigenvalue weighted by Crippen LogP contribution is 2.36. The van der Waals surface area contributed by atoms with Gasteiger partial charge >= 0.3 is 5.97 Å². The molecular formula is C12H14N2O3. The molecule has 1 aliphatic carbocycles. The Bertz CT molecular complexity index is 432. The van der Waals surface area contributed by atoms with Crippen LogP contribution in [0.2, 0.25) is 0 Å². The van der Waals surface area contributed by atoms with Crippen LogP contribution in [0.1, 0.15) is 24.2 Å². The number of carbonyl (C=O) groups is 1. The molecule has 0 radical (unpaired) electrons. The van der Waals surface area contributed by atoms with Crippen LogP contribution in [0.15, 0.2) is 24.5 Å². The number of hydrogen-bond donors (Lipinski definition) is 1. The maximum Gasteiger partial charge on any atom is 0.314 e. The van der Waals surface area contributed by atoms with E-state index in [1.54, 1.807) is 19.5 Å². The van der Waals surface area contributed by atoms with Crippen LogP contribution in [0.25, 0.3) is 0 Å². The standard InChI is InChI=1S/C12H14N2O3/c1-17-8-10-13-6-9(7-14-10)12(11(15)16)4-2-3-5-12/h2-3,6-7H,4-5,8H2,1H3,(H,15,16). The fraction of sp³-hybridized carbons (Fsp3) is 0.417. The van der Waals surface area contributed by atoms with Gasteiger partial charge < -0.3 is 9.84 Å². The van der Waals surface area contributed by atoms with Gasteiger partial charge in [-0.3, -0.25) is 4.79 Å². The molecule has 1 heterocycles. The minimum absolute atomic E-state index is 0.332. The highest BCUT2D eigenvalue weighted by atomic mass is 16.5. The van der Waals surface area contributed by atoms with Gasteiger partial charge in [0.25, 0.3) is 0 Å². The smallest absolute Gasteiger partial charge is 0.314 e. The average Bonchev–Trinajstić information content (AvgIpc) is 2.81. The first-order valence-corrected chi connectivity index (χ1v) is 5.38. The van der Waals surface area contributed by atoms with Gasteiger partial charge in [0, 0.05) is 25.1 Å². The topological polar surface area (TPSA) is 72.3 Å². The van der Waals surface area contributed by atoms with Gasteiger partial charge in [-0.25, -0.2) is 9.97 Å². The number of nitrogens with zero attached hydrogens (tertiary/aromatic N) is 2. The van der Waals surface area contributed by atoms with Crippen LogP contribution in [0, 0.1) is 0 Å². The van der Waals surface area contributed by atoms with Gasteiger partial charge in [0.2, 0.25) is 0 Å². The second-order valence-electron chi connectivity index (χ2n) is 4.09. The molecule has 5 nitrogen and oxygen atoms in total. The Hall–Kier alpha value is -1.75. The zero-order chi connectivity index (χ0) is 12.3. The van der Waals surface area contributed by atoms with Gasteiger partial charge in [-0.1, -0.05) is 12.2 Å². The molecule has 90 valence electrons. The van der Waals surface area contributed by atoms with Gasteiger partial charge in [0.1, 0.15) is 12.0 Å². The van der Waals surface area contributed by atoms with Crippen LogP contribution in [0.5, 0.6) is 0 Å². The monoisotopic (exact) mass is 234 g/mol. The molecule has 0 saturated carbocycles. The summed E-state index contributed by atoms with van der Waals surface area (Å²) in [4.78, 5) is 19.6. The van der Waals surface area contributed by atoms with Crippen LogP contribution < -0.4 is 0 Å². The Morgan fingerprint density at radius 3 is 2.47 bits per heavy atom. The third kappa shape index (κ3) is 2.06. The molecule has 5 heteroatoms. The van der Waals surface area contributed by atoms with E-state index >= 15 is 0 Å². The number of aromatic nitrogens is 2. The second-order valence-corrected chi connectivity index (χ2v) is 4.09. The summed E-state index contributed by atoms with van der Waals surface area (Å²) >= 11 is 0. The number of ether oxygens (including phenoxy) is 1. The summed E-state index contributed by atoms with van der Waals surface area (Å²) in [6, 6.07) is 0. The minimum Gasteiger partial charge on any atom is -0.481 e. The molecular weight excluding hydrogens is 220 g/mol. The zero-order valence-electron chi connectivity index (χ0n) is 9.59. The maximum atomic E-state index is 11.4. The largest absolute Gasteiger partial charge is 0.481 e. The van der Waals surface area contributed by atoms with Gasteiger partial charge in [0.15, 0.2) is 5.82 Å². The molecule has 0 atom stereocenters. The molecule has 17 heavy (non-hydrogen) atoms. The summed E-state index contributed by atoms with van der Waals surface area (Å²) in [6.45, 7) is 0.332. The van der Waals surface area contributed by atoms with E-state index in [-0.39, 0.29) is 0 Å². The lowest BCUT2D eigenvalue weighted by molar-refractivity contribution is -0.143. The molecule has 2 rings (SSSR count).